The molecule has 0 aliphatic carbocycles. The maximum absolute atomic E-state index is 12.3. The summed E-state index contributed by atoms with van der Waals surface area (Å²) in [5, 5.41) is 8.63. The van der Waals surface area contributed by atoms with Crippen molar-refractivity contribution < 1.29 is 17.7 Å². The van der Waals surface area contributed by atoms with Gasteiger partial charge in [-0.15, -0.1) is 0 Å². The minimum Gasteiger partial charge on any atom is -0.611 e. The summed E-state index contributed by atoms with van der Waals surface area (Å²) in [5.74, 6) is 0.137. The largest absolute Gasteiger partial charge is 0.611 e. The van der Waals surface area contributed by atoms with Crippen molar-refractivity contribution in [3.8, 4) is 6.07 Å². The number of hydrogen-bond donors (Lipinski definition) is 0. The number of hydrogen-bond acceptors (Lipinski definition) is 3. The number of halogens is 3. The monoisotopic (exact) mass is 248 g/mol. The first-order valence-corrected chi connectivity index (χ1v) is 5.57. The van der Waals surface area contributed by atoms with Crippen LogP contribution in [0.25, 0.3) is 0 Å². The van der Waals surface area contributed by atoms with E-state index in [2.05, 4.69) is 4.98 Å². The zero-order valence-corrected chi connectivity index (χ0v) is 9.02. The molecule has 7 heteroatoms. The number of nitriles is 1. The van der Waals surface area contributed by atoms with Gasteiger partial charge >= 0.3 is 6.18 Å². The Balaban J connectivity index is 3.28. The fraction of sp³-hybridized carbons (Fsp3) is 0.333. The number of pyridine rings is 1. The van der Waals surface area contributed by atoms with E-state index in [4.69, 9.17) is 5.26 Å². The summed E-state index contributed by atoms with van der Waals surface area (Å²) in [6, 6.07) is 2.33. The summed E-state index contributed by atoms with van der Waals surface area (Å²) in [7, 11) is 0. The molecule has 0 amide bonds. The van der Waals surface area contributed by atoms with Crippen LogP contribution >= 0.6 is 0 Å². The van der Waals surface area contributed by atoms with Gasteiger partial charge in [0.25, 0.3) is 0 Å². The van der Waals surface area contributed by atoms with Crippen LogP contribution < -0.4 is 0 Å². The van der Waals surface area contributed by atoms with Crippen LogP contribution in [0.15, 0.2) is 17.2 Å². The zero-order chi connectivity index (χ0) is 12.3. The Bertz CT molecular complexity index is 428. The van der Waals surface area contributed by atoms with Gasteiger partial charge in [0.1, 0.15) is 11.8 Å². The molecule has 1 aromatic heterocycles. The van der Waals surface area contributed by atoms with E-state index in [9.17, 15) is 17.7 Å². The lowest BCUT2D eigenvalue weighted by Crippen LogP contribution is -2.12. The summed E-state index contributed by atoms with van der Waals surface area (Å²) in [6.45, 7) is 1.55. The van der Waals surface area contributed by atoms with Gasteiger partial charge in [-0.25, -0.2) is 4.98 Å². The number of aromatic nitrogens is 1. The highest BCUT2D eigenvalue weighted by Crippen LogP contribution is 2.30. The smallest absolute Gasteiger partial charge is 0.418 e. The van der Waals surface area contributed by atoms with E-state index < -0.39 is 22.9 Å². The van der Waals surface area contributed by atoms with Gasteiger partial charge in [0.2, 0.25) is 0 Å². The molecule has 0 aromatic carbocycles. The molecule has 0 saturated heterocycles. The fourth-order valence-electron chi connectivity index (χ4n) is 1.01. The predicted molar refractivity (Wildman–Crippen MR) is 50.9 cm³/mol. The average molecular weight is 248 g/mol. The molecule has 0 N–H and O–H groups in total. The van der Waals surface area contributed by atoms with Crippen molar-refractivity contribution >= 4 is 11.2 Å². The molecule has 0 fully saturated rings. The van der Waals surface area contributed by atoms with E-state index >= 15 is 0 Å². The van der Waals surface area contributed by atoms with Crippen LogP contribution in [0.5, 0.6) is 0 Å². The van der Waals surface area contributed by atoms with E-state index in [0.717, 1.165) is 0 Å². The fourth-order valence-corrected chi connectivity index (χ4v) is 1.90. The SMILES string of the molecule is CC[S@@+]([O-])c1cc(C(F)(F)F)cnc1C#N. The van der Waals surface area contributed by atoms with Gasteiger partial charge in [-0.1, -0.05) is 0 Å². The standard InChI is InChI=1S/C9H7F3N2OS/c1-2-16(15)8-3-6(9(10,11)12)5-14-7(8)4-13/h3,5H,2H2,1H3/t16-/m1/s1. The molecule has 0 aliphatic heterocycles. The summed E-state index contributed by atoms with van der Waals surface area (Å²) in [4.78, 5) is 3.19. The van der Waals surface area contributed by atoms with Gasteiger partial charge in [0, 0.05) is 12.3 Å². The lowest BCUT2D eigenvalue weighted by molar-refractivity contribution is -0.138. The second-order valence-electron chi connectivity index (χ2n) is 2.81. The highest BCUT2D eigenvalue weighted by molar-refractivity contribution is 7.91. The Labute approximate surface area is 93.1 Å². The Morgan fingerprint density at radius 3 is 2.62 bits per heavy atom. The minimum absolute atomic E-state index is 0.137. The molecule has 1 aromatic rings. The Morgan fingerprint density at radius 1 is 1.56 bits per heavy atom. The first-order valence-electron chi connectivity index (χ1n) is 4.25. The molecule has 1 rings (SSSR count). The molecule has 0 bridgehead atoms. The van der Waals surface area contributed by atoms with Crippen molar-refractivity contribution in [3.63, 3.8) is 0 Å². The maximum atomic E-state index is 12.3. The third-order valence-electron chi connectivity index (χ3n) is 1.79. The quantitative estimate of drug-likeness (QED) is 0.753. The maximum Gasteiger partial charge on any atom is 0.418 e. The van der Waals surface area contributed by atoms with E-state index in [-0.39, 0.29) is 16.3 Å². The molecular weight excluding hydrogens is 241 g/mol. The van der Waals surface area contributed by atoms with Gasteiger partial charge in [0.15, 0.2) is 10.6 Å². The average Bonchev–Trinajstić information content (AvgIpc) is 2.25. The predicted octanol–water partition coefficient (Wildman–Crippen LogP) is 2.10. The molecule has 86 valence electrons. The van der Waals surface area contributed by atoms with Crippen molar-refractivity contribution in [3.05, 3.63) is 23.5 Å². The molecule has 3 nitrogen and oxygen atoms in total. The van der Waals surface area contributed by atoms with Crippen molar-refractivity contribution in [1.29, 1.82) is 5.26 Å². The van der Waals surface area contributed by atoms with Crippen molar-refractivity contribution in [2.24, 2.45) is 0 Å². The summed E-state index contributed by atoms with van der Waals surface area (Å²) >= 11 is -1.63. The number of alkyl halides is 3. The van der Waals surface area contributed by atoms with Gasteiger partial charge in [-0.05, 0) is 18.1 Å². The highest BCUT2D eigenvalue weighted by Gasteiger charge is 2.33. The molecule has 1 heterocycles. The summed E-state index contributed by atoms with van der Waals surface area (Å²) in [5.41, 5.74) is -1.23. The molecule has 0 spiro atoms. The van der Waals surface area contributed by atoms with Crippen LogP contribution in [0.2, 0.25) is 0 Å². The Morgan fingerprint density at radius 2 is 2.19 bits per heavy atom. The second kappa shape index (κ2) is 4.72. The normalized spacial score (nSPS) is 13.2. The van der Waals surface area contributed by atoms with Crippen LogP contribution in [-0.4, -0.2) is 15.3 Å². The number of nitrogens with zero attached hydrogens (tertiary/aromatic N) is 2. The van der Waals surface area contributed by atoms with E-state index in [1.54, 1.807) is 13.0 Å². The van der Waals surface area contributed by atoms with Crippen molar-refractivity contribution in [1.82, 2.24) is 4.98 Å². The first-order chi connectivity index (χ1) is 7.40. The van der Waals surface area contributed by atoms with E-state index in [1.807, 2.05) is 0 Å². The van der Waals surface area contributed by atoms with Gasteiger partial charge in [0.05, 0.1) is 5.56 Å². The molecule has 0 aliphatic rings. The van der Waals surface area contributed by atoms with Crippen LogP contribution in [0, 0.1) is 11.3 Å². The van der Waals surface area contributed by atoms with Crippen LogP contribution in [-0.2, 0) is 17.4 Å². The lowest BCUT2D eigenvalue weighted by atomic mass is 10.2. The van der Waals surface area contributed by atoms with Gasteiger partial charge in [-0.3, -0.25) is 0 Å². The number of rotatable bonds is 2. The van der Waals surface area contributed by atoms with Gasteiger partial charge in [-0.2, -0.15) is 18.4 Å². The third kappa shape index (κ3) is 2.65. The van der Waals surface area contributed by atoms with E-state index in [0.29, 0.717) is 12.3 Å². The van der Waals surface area contributed by atoms with Crippen molar-refractivity contribution in [2.45, 2.75) is 18.0 Å². The Hall–Kier alpha value is -1.26. The van der Waals surface area contributed by atoms with Crippen LogP contribution in [0.1, 0.15) is 18.2 Å². The molecular formula is C9H7F3N2OS. The minimum atomic E-state index is -4.55. The third-order valence-corrected chi connectivity index (χ3v) is 3.12. The molecule has 1 atom stereocenters. The molecule has 0 saturated carbocycles. The van der Waals surface area contributed by atoms with Gasteiger partial charge < -0.3 is 4.55 Å². The zero-order valence-electron chi connectivity index (χ0n) is 8.21. The van der Waals surface area contributed by atoms with Crippen molar-refractivity contribution in [2.75, 3.05) is 5.75 Å². The molecule has 0 radical (unpaired) electrons. The van der Waals surface area contributed by atoms with E-state index in [1.165, 1.54) is 0 Å². The topological polar surface area (TPSA) is 59.7 Å². The summed E-state index contributed by atoms with van der Waals surface area (Å²) < 4.78 is 48.5. The summed E-state index contributed by atoms with van der Waals surface area (Å²) in [6.07, 6.45) is -3.98. The Kier molecular flexibility index (Phi) is 3.78. The molecule has 0 unspecified atom stereocenters. The first kappa shape index (κ1) is 12.8. The lowest BCUT2D eigenvalue weighted by Gasteiger charge is -2.11. The highest BCUT2D eigenvalue weighted by atomic mass is 32.2. The second-order valence-corrected chi connectivity index (χ2v) is 4.52. The molecule has 16 heavy (non-hydrogen) atoms. The van der Waals surface area contributed by atoms with Crippen LogP contribution in [0.3, 0.4) is 0 Å². The van der Waals surface area contributed by atoms with Crippen LogP contribution in [0.4, 0.5) is 13.2 Å².